The summed E-state index contributed by atoms with van der Waals surface area (Å²) in [6.07, 6.45) is 4.73. The number of rotatable bonds is 12. The van der Waals surface area contributed by atoms with E-state index in [-0.39, 0.29) is 5.69 Å². The lowest BCUT2D eigenvalue weighted by atomic mass is 10.1. The fourth-order valence-corrected chi connectivity index (χ4v) is 3.61. The first-order valence-electron chi connectivity index (χ1n) is 11.8. The number of nitrogens with two attached hydrogens (primary N) is 1. The molecule has 1 heterocycles. The summed E-state index contributed by atoms with van der Waals surface area (Å²) in [5, 5.41) is 18.3. The van der Waals surface area contributed by atoms with Crippen molar-refractivity contribution >= 4 is 46.3 Å². The summed E-state index contributed by atoms with van der Waals surface area (Å²) in [5.74, 6) is 1.36. The van der Waals surface area contributed by atoms with E-state index in [4.69, 9.17) is 10.5 Å². The van der Waals surface area contributed by atoms with Gasteiger partial charge in [-0.05, 0) is 26.2 Å². The van der Waals surface area contributed by atoms with Gasteiger partial charge in [0.25, 0.3) is 5.69 Å². The highest BCUT2D eigenvalue weighted by atomic mass is 16.6. The minimum Gasteiger partial charge on any atom is -0.494 e. The van der Waals surface area contributed by atoms with Crippen LogP contribution < -0.4 is 26.0 Å². The standard InChI is InChI=1S/C26H33N9O3/c1-28-11-10-19(27)18-8-6-7-9-20(18)31-25-16-26(30-17-29-25)32-21-14-23(35(36)37)22(15-24(21)38-5)34(4)13-12-33(2)3/h6-11,14-17H,12-13,27H2,1-5H3,(H2,29,30,31,32). The minimum absolute atomic E-state index is 0.0474. The maximum atomic E-state index is 11.9. The summed E-state index contributed by atoms with van der Waals surface area (Å²) in [4.78, 5) is 27.9. The molecule has 3 aromatic rings. The number of nitrogens with zero attached hydrogens (tertiary/aromatic N) is 6. The fourth-order valence-electron chi connectivity index (χ4n) is 3.61. The van der Waals surface area contributed by atoms with E-state index in [1.165, 1.54) is 19.5 Å². The molecule has 0 unspecified atom stereocenters. The summed E-state index contributed by atoms with van der Waals surface area (Å²) in [7, 11) is 8.90. The molecule has 2 aromatic carbocycles. The molecule has 200 valence electrons. The first kappa shape index (κ1) is 27.9. The van der Waals surface area contributed by atoms with E-state index in [0.717, 1.165) is 17.8 Å². The van der Waals surface area contributed by atoms with Gasteiger partial charge in [0.1, 0.15) is 29.4 Å². The Morgan fingerprint density at radius 2 is 1.79 bits per heavy atom. The number of aromatic nitrogens is 2. The Morgan fingerprint density at radius 1 is 1.11 bits per heavy atom. The lowest BCUT2D eigenvalue weighted by molar-refractivity contribution is -0.384. The Labute approximate surface area is 222 Å². The van der Waals surface area contributed by atoms with E-state index < -0.39 is 4.92 Å². The molecule has 4 N–H and O–H groups in total. The number of aliphatic imine (C=N–C) groups is 1. The molecule has 38 heavy (non-hydrogen) atoms. The maximum Gasteiger partial charge on any atom is 0.294 e. The molecule has 0 spiro atoms. The van der Waals surface area contributed by atoms with Crippen LogP contribution in [0.5, 0.6) is 5.75 Å². The summed E-state index contributed by atoms with van der Waals surface area (Å²) in [6, 6.07) is 12.3. The number of nitro groups is 1. The van der Waals surface area contributed by atoms with E-state index in [1.807, 2.05) is 55.2 Å². The van der Waals surface area contributed by atoms with Crippen molar-refractivity contribution in [3.63, 3.8) is 0 Å². The van der Waals surface area contributed by atoms with Gasteiger partial charge in [0, 0.05) is 68.5 Å². The van der Waals surface area contributed by atoms with Gasteiger partial charge in [0.15, 0.2) is 0 Å². The average molecular weight is 520 g/mol. The van der Waals surface area contributed by atoms with Gasteiger partial charge < -0.3 is 30.9 Å². The third kappa shape index (κ3) is 7.17. The highest BCUT2D eigenvalue weighted by molar-refractivity contribution is 5.87. The van der Waals surface area contributed by atoms with Crippen molar-refractivity contribution in [2.45, 2.75) is 0 Å². The number of benzene rings is 2. The number of nitro benzene ring substituents is 1. The van der Waals surface area contributed by atoms with Gasteiger partial charge >= 0.3 is 0 Å². The van der Waals surface area contributed by atoms with Crippen molar-refractivity contribution < 1.29 is 9.66 Å². The molecule has 0 amide bonds. The lowest BCUT2D eigenvalue weighted by Crippen LogP contribution is -2.28. The predicted octanol–water partition coefficient (Wildman–Crippen LogP) is 3.88. The van der Waals surface area contributed by atoms with E-state index in [0.29, 0.717) is 41.0 Å². The fraction of sp³-hybridized carbons (Fsp3) is 0.269. The highest BCUT2D eigenvalue weighted by Gasteiger charge is 2.22. The van der Waals surface area contributed by atoms with Crippen LogP contribution in [0.2, 0.25) is 0 Å². The van der Waals surface area contributed by atoms with Crippen molar-refractivity contribution in [1.29, 1.82) is 0 Å². The number of nitrogens with one attached hydrogen (secondary N) is 2. The molecular formula is C26H33N9O3. The van der Waals surface area contributed by atoms with Gasteiger partial charge in [-0.15, -0.1) is 0 Å². The third-order valence-corrected chi connectivity index (χ3v) is 5.62. The molecular weight excluding hydrogens is 486 g/mol. The Hall–Kier alpha value is -4.71. The normalized spacial score (nSPS) is 11.6. The zero-order chi connectivity index (χ0) is 27.7. The molecule has 0 atom stereocenters. The Kier molecular flexibility index (Phi) is 9.54. The number of ether oxygens (including phenoxy) is 1. The van der Waals surface area contributed by atoms with E-state index in [2.05, 4.69) is 25.6 Å². The van der Waals surface area contributed by atoms with E-state index in [1.54, 1.807) is 31.5 Å². The smallest absolute Gasteiger partial charge is 0.294 e. The molecule has 3 rings (SSSR count). The molecule has 0 bridgehead atoms. The van der Waals surface area contributed by atoms with Gasteiger partial charge in [-0.1, -0.05) is 18.2 Å². The van der Waals surface area contributed by atoms with Crippen LogP contribution in [0.4, 0.5) is 34.4 Å². The number of para-hydroxylation sites is 1. The van der Waals surface area contributed by atoms with E-state index >= 15 is 0 Å². The summed E-state index contributed by atoms with van der Waals surface area (Å²) in [5.41, 5.74) is 9.10. The SMILES string of the molecule is CN=CC=C(N)c1ccccc1Nc1cc(Nc2cc([N+](=O)[O-])c(N(C)CCN(C)C)cc2OC)ncn1. The second-order valence-corrected chi connectivity index (χ2v) is 8.64. The summed E-state index contributed by atoms with van der Waals surface area (Å²) in [6.45, 7) is 1.35. The van der Waals surface area contributed by atoms with Crippen LogP contribution in [0, 0.1) is 10.1 Å². The molecule has 0 saturated carbocycles. The van der Waals surface area contributed by atoms with Crippen molar-refractivity contribution in [2.75, 3.05) is 63.9 Å². The molecule has 0 saturated heterocycles. The summed E-state index contributed by atoms with van der Waals surface area (Å²) < 4.78 is 5.56. The first-order valence-corrected chi connectivity index (χ1v) is 11.8. The molecule has 1 aromatic heterocycles. The predicted molar refractivity (Wildman–Crippen MR) is 153 cm³/mol. The zero-order valence-corrected chi connectivity index (χ0v) is 22.2. The van der Waals surface area contributed by atoms with Gasteiger partial charge in [0.2, 0.25) is 0 Å². The van der Waals surface area contributed by atoms with Crippen molar-refractivity contribution in [3.05, 3.63) is 70.5 Å². The number of allylic oxidation sites excluding steroid dienone is 1. The second kappa shape index (κ2) is 13.0. The molecule has 0 aliphatic rings. The molecule has 12 nitrogen and oxygen atoms in total. The lowest BCUT2D eigenvalue weighted by Gasteiger charge is -2.23. The van der Waals surface area contributed by atoms with Crippen molar-refractivity contribution in [1.82, 2.24) is 14.9 Å². The van der Waals surface area contributed by atoms with Crippen molar-refractivity contribution in [2.24, 2.45) is 10.7 Å². The van der Waals surface area contributed by atoms with Crippen molar-refractivity contribution in [3.8, 4) is 5.75 Å². The molecule has 0 aliphatic carbocycles. The van der Waals surface area contributed by atoms with Crippen LogP contribution in [0.15, 0.2) is 59.9 Å². The quantitative estimate of drug-likeness (QED) is 0.183. The van der Waals surface area contributed by atoms with Crippen LogP contribution in [-0.4, -0.2) is 74.4 Å². The third-order valence-electron chi connectivity index (χ3n) is 5.62. The number of hydrogen-bond acceptors (Lipinski definition) is 11. The Morgan fingerprint density at radius 3 is 2.42 bits per heavy atom. The van der Waals surface area contributed by atoms with Crippen LogP contribution in [-0.2, 0) is 0 Å². The van der Waals surface area contributed by atoms with Crippen LogP contribution in [0.3, 0.4) is 0 Å². The summed E-state index contributed by atoms with van der Waals surface area (Å²) >= 11 is 0. The van der Waals surface area contributed by atoms with Gasteiger partial charge in [-0.25, -0.2) is 9.97 Å². The highest BCUT2D eigenvalue weighted by Crippen LogP contribution is 2.39. The van der Waals surface area contributed by atoms with Crippen LogP contribution in [0.1, 0.15) is 5.56 Å². The Balaban J connectivity index is 1.90. The number of methoxy groups -OCH3 is 1. The monoisotopic (exact) mass is 519 g/mol. The molecule has 0 aliphatic heterocycles. The first-order chi connectivity index (χ1) is 18.2. The number of hydrogen-bond donors (Lipinski definition) is 3. The molecule has 0 radical (unpaired) electrons. The second-order valence-electron chi connectivity index (χ2n) is 8.64. The zero-order valence-electron chi connectivity index (χ0n) is 22.2. The van der Waals surface area contributed by atoms with Gasteiger partial charge in [-0.3, -0.25) is 15.1 Å². The maximum absolute atomic E-state index is 11.9. The van der Waals surface area contributed by atoms with Gasteiger partial charge in [-0.2, -0.15) is 0 Å². The van der Waals surface area contributed by atoms with Gasteiger partial charge in [0.05, 0.1) is 17.7 Å². The number of anilines is 5. The van der Waals surface area contributed by atoms with Crippen LogP contribution >= 0.6 is 0 Å². The Bertz CT molecular complexity index is 1330. The largest absolute Gasteiger partial charge is 0.494 e. The number of likely N-dealkylation sites (N-methyl/N-ethyl adjacent to an activating group) is 2. The molecule has 12 heteroatoms. The minimum atomic E-state index is -0.406. The molecule has 0 fully saturated rings. The van der Waals surface area contributed by atoms with Crippen LogP contribution in [0.25, 0.3) is 5.70 Å². The van der Waals surface area contributed by atoms with E-state index in [9.17, 15) is 10.1 Å². The topological polar surface area (TPSA) is 147 Å². The average Bonchev–Trinajstić information content (AvgIpc) is 2.90.